The van der Waals surface area contributed by atoms with Crippen LogP contribution in [-0.2, 0) is 10.0 Å². The summed E-state index contributed by atoms with van der Waals surface area (Å²) in [6.07, 6.45) is 1.90. The minimum Gasteiger partial charge on any atom is -0.496 e. The summed E-state index contributed by atoms with van der Waals surface area (Å²) < 4.78 is 39.0. The van der Waals surface area contributed by atoms with Crippen LogP contribution in [0.2, 0.25) is 0 Å². The third-order valence-electron chi connectivity index (χ3n) is 5.10. The number of hydrogen-bond donors (Lipinski definition) is 1. The number of likely N-dealkylation sites (tertiary alicyclic amines) is 1. The van der Waals surface area contributed by atoms with E-state index in [0.717, 1.165) is 29.7 Å². The first-order valence-corrected chi connectivity index (χ1v) is 11.5. The van der Waals surface area contributed by atoms with Gasteiger partial charge in [-0.15, -0.1) is 0 Å². The Morgan fingerprint density at radius 1 is 1.07 bits per heavy atom. The predicted molar refractivity (Wildman–Crippen MR) is 115 cm³/mol. The zero-order valence-electron chi connectivity index (χ0n) is 17.6. The molecule has 2 aromatic rings. The second-order valence-corrected chi connectivity index (χ2v) is 9.14. The van der Waals surface area contributed by atoms with Crippen LogP contribution < -0.4 is 14.2 Å². The molecule has 0 saturated carbocycles. The normalized spacial score (nSPS) is 14.0. The van der Waals surface area contributed by atoms with Crippen molar-refractivity contribution >= 4 is 15.9 Å². The Hall–Kier alpha value is -2.58. The number of carbonyl (C=O) groups excluding carboxylic acids is 1. The smallest absolute Gasteiger partial charge is 0.257 e. The molecule has 30 heavy (non-hydrogen) atoms. The lowest BCUT2D eigenvalue weighted by Gasteiger charge is -2.18. The van der Waals surface area contributed by atoms with Crippen molar-refractivity contribution in [3.63, 3.8) is 0 Å². The molecule has 1 fully saturated rings. The van der Waals surface area contributed by atoms with Crippen LogP contribution in [0.3, 0.4) is 0 Å². The van der Waals surface area contributed by atoms with Crippen LogP contribution in [0.4, 0.5) is 0 Å². The highest BCUT2D eigenvalue weighted by atomic mass is 32.2. The van der Waals surface area contributed by atoms with Gasteiger partial charge >= 0.3 is 0 Å². The molecule has 3 rings (SSSR count). The van der Waals surface area contributed by atoms with Crippen LogP contribution >= 0.6 is 0 Å². The van der Waals surface area contributed by atoms with E-state index in [-0.39, 0.29) is 29.5 Å². The minimum absolute atomic E-state index is 0.0255. The van der Waals surface area contributed by atoms with Gasteiger partial charge in [0, 0.05) is 19.6 Å². The van der Waals surface area contributed by atoms with E-state index in [1.54, 1.807) is 4.90 Å². The zero-order chi connectivity index (χ0) is 21.7. The second-order valence-electron chi connectivity index (χ2n) is 7.38. The highest BCUT2D eigenvalue weighted by Gasteiger charge is 2.25. The fourth-order valence-corrected chi connectivity index (χ4v) is 4.43. The van der Waals surface area contributed by atoms with E-state index in [4.69, 9.17) is 9.47 Å². The van der Waals surface area contributed by atoms with Crippen LogP contribution in [0.1, 0.15) is 34.3 Å². The Bertz CT molecular complexity index is 1010. The zero-order valence-corrected chi connectivity index (χ0v) is 18.4. The summed E-state index contributed by atoms with van der Waals surface area (Å²) in [6, 6.07) is 10.2. The molecule has 0 unspecified atom stereocenters. The van der Waals surface area contributed by atoms with Gasteiger partial charge in [-0.3, -0.25) is 4.79 Å². The van der Waals surface area contributed by atoms with Crippen molar-refractivity contribution < 1.29 is 22.7 Å². The van der Waals surface area contributed by atoms with Crippen LogP contribution in [0.15, 0.2) is 41.3 Å². The Morgan fingerprint density at radius 2 is 1.80 bits per heavy atom. The van der Waals surface area contributed by atoms with Crippen molar-refractivity contribution in [3.05, 3.63) is 53.1 Å². The summed E-state index contributed by atoms with van der Waals surface area (Å²) in [5.41, 5.74) is 2.32. The van der Waals surface area contributed by atoms with E-state index in [9.17, 15) is 13.2 Å². The molecule has 0 spiro atoms. The summed E-state index contributed by atoms with van der Waals surface area (Å²) in [4.78, 5) is 14.5. The SMILES string of the molecule is COc1ccc(S(=O)(=O)NCCOc2cc(C)ccc2C)cc1C(=O)N1CCCC1. The average molecular weight is 433 g/mol. The molecule has 2 aromatic carbocycles. The molecule has 7 nitrogen and oxygen atoms in total. The van der Waals surface area contributed by atoms with Gasteiger partial charge in [0.05, 0.1) is 17.6 Å². The summed E-state index contributed by atoms with van der Waals surface area (Å²) in [5.74, 6) is 0.890. The predicted octanol–water partition coefficient (Wildman–Crippen LogP) is 2.91. The number of amides is 1. The monoisotopic (exact) mass is 432 g/mol. The Labute approximate surface area is 178 Å². The topological polar surface area (TPSA) is 84.9 Å². The van der Waals surface area contributed by atoms with Crippen molar-refractivity contribution in [3.8, 4) is 11.5 Å². The minimum atomic E-state index is -3.79. The number of sulfonamides is 1. The number of aryl methyl sites for hydroxylation is 2. The highest BCUT2D eigenvalue weighted by Crippen LogP contribution is 2.25. The lowest BCUT2D eigenvalue weighted by atomic mass is 10.1. The molecule has 1 amide bonds. The van der Waals surface area contributed by atoms with E-state index < -0.39 is 10.0 Å². The van der Waals surface area contributed by atoms with Crippen LogP contribution in [0.5, 0.6) is 11.5 Å². The molecule has 1 N–H and O–H groups in total. The molecular formula is C22H28N2O5S. The van der Waals surface area contributed by atoms with E-state index >= 15 is 0 Å². The van der Waals surface area contributed by atoms with Crippen LogP contribution in [0.25, 0.3) is 0 Å². The van der Waals surface area contributed by atoms with Gasteiger partial charge < -0.3 is 14.4 Å². The summed E-state index contributed by atoms with van der Waals surface area (Å²) >= 11 is 0. The fraction of sp³-hybridized carbons (Fsp3) is 0.409. The van der Waals surface area contributed by atoms with Gasteiger partial charge in [0.15, 0.2) is 0 Å². The average Bonchev–Trinajstić information content (AvgIpc) is 3.27. The Balaban J connectivity index is 1.68. The van der Waals surface area contributed by atoms with Gasteiger partial charge in [-0.1, -0.05) is 12.1 Å². The standard InChI is InChI=1S/C22H28N2O5S/c1-16-6-7-17(2)21(14-16)29-13-10-23-30(26,27)18-8-9-20(28-3)19(15-18)22(25)24-11-4-5-12-24/h6-9,14-15,23H,4-5,10-13H2,1-3H3. The number of nitrogens with one attached hydrogen (secondary N) is 1. The van der Waals surface area contributed by atoms with E-state index in [2.05, 4.69) is 4.72 Å². The maximum Gasteiger partial charge on any atom is 0.257 e. The van der Waals surface area contributed by atoms with Crippen molar-refractivity contribution in [2.24, 2.45) is 0 Å². The molecule has 8 heteroatoms. The third kappa shape index (κ3) is 5.12. The fourth-order valence-electron chi connectivity index (χ4n) is 3.40. The lowest BCUT2D eigenvalue weighted by Crippen LogP contribution is -2.30. The first kappa shape index (κ1) is 22.1. The van der Waals surface area contributed by atoms with Crippen molar-refractivity contribution in [2.75, 3.05) is 33.4 Å². The number of hydrogen-bond acceptors (Lipinski definition) is 5. The molecule has 0 bridgehead atoms. The molecule has 1 aliphatic rings. The van der Waals surface area contributed by atoms with Gasteiger partial charge in [-0.05, 0) is 62.1 Å². The highest BCUT2D eigenvalue weighted by molar-refractivity contribution is 7.89. The third-order valence-corrected chi connectivity index (χ3v) is 6.56. The largest absolute Gasteiger partial charge is 0.496 e. The van der Waals surface area contributed by atoms with Gasteiger partial charge in [0.25, 0.3) is 5.91 Å². The van der Waals surface area contributed by atoms with Crippen molar-refractivity contribution in [1.29, 1.82) is 0 Å². The molecular weight excluding hydrogens is 404 g/mol. The molecule has 1 heterocycles. The molecule has 162 valence electrons. The summed E-state index contributed by atoms with van der Waals surface area (Å²) in [7, 11) is -2.33. The van der Waals surface area contributed by atoms with Gasteiger partial charge in [-0.25, -0.2) is 13.1 Å². The summed E-state index contributed by atoms with van der Waals surface area (Å²) in [6.45, 7) is 5.56. The van der Waals surface area contributed by atoms with Crippen molar-refractivity contribution in [2.45, 2.75) is 31.6 Å². The van der Waals surface area contributed by atoms with E-state index in [1.807, 2.05) is 32.0 Å². The molecule has 0 radical (unpaired) electrons. The van der Waals surface area contributed by atoms with Gasteiger partial charge in [0.1, 0.15) is 18.1 Å². The number of nitrogens with zero attached hydrogens (tertiary/aromatic N) is 1. The van der Waals surface area contributed by atoms with Gasteiger partial charge in [-0.2, -0.15) is 0 Å². The number of benzene rings is 2. The first-order chi connectivity index (χ1) is 14.3. The number of ether oxygens (including phenoxy) is 2. The van der Waals surface area contributed by atoms with Crippen molar-refractivity contribution in [1.82, 2.24) is 9.62 Å². The van der Waals surface area contributed by atoms with Gasteiger partial charge in [0.2, 0.25) is 10.0 Å². The summed E-state index contributed by atoms with van der Waals surface area (Å²) in [5, 5.41) is 0. The van der Waals surface area contributed by atoms with Crippen LogP contribution in [-0.4, -0.2) is 52.6 Å². The molecule has 0 aromatic heterocycles. The van der Waals surface area contributed by atoms with Crippen LogP contribution in [0, 0.1) is 13.8 Å². The Morgan fingerprint density at radius 3 is 2.50 bits per heavy atom. The number of carbonyl (C=O) groups is 1. The lowest BCUT2D eigenvalue weighted by molar-refractivity contribution is 0.0789. The number of methoxy groups -OCH3 is 1. The molecule has 0 aliphatic carbocycles. The quantitative estimate of drug-likeness (QED) is 0.649. The maximum absolute atomic E-state index is 12.8. The molecule has 1 aliphatic heterocycles. The molecule has 0 atom stereocenters. The van der Waals surface area contributed by atoms with E-state index in [0.29, 0.717) is 18.8 Å². The first-order valence-electron chi connectivity index (χ1n) is 9.99. The Kier molecular flexibility index (Phi) is 6.99. The number of rotatable bonds is 8. The van der Waals surface area contributed by atoms with E-state index in [1.165, 1.54) is 25.3 Å². The maximum atomic E-state index is 12.8. The molecule has 1 saturated heterocycles. The second kappa shape index (κ2) is 9.49.